The minimum absolute atomic E-state index is 0.125. The summed E-state index contributed by atoms with van der Waals surface area (Å²) >= 11 is 0. The molecular formula is C14H23O3PS. The summed E-state index contributed by atoms with van der Waals surface area (Å²) in [4.78, 5) is 0. The van der Waals surface area contributed by atoms with Crippen molar-refractivity contribution in [3.63, 3.8) is 0 Å². The van der Waals surface area contributed by atoms with Crippen LogP contribution in [0.5, 0.6) is 0 Å². The molecule has 0 radical (unpaired) electrons. The first-order valence-corrected chi connectivity index (χ1v) is 9.30. The summed E-state index contributed by atoms with van der Waals surface area (Å²) in [5.74, 6) is -0.125. The van der Waals surface area contributed by atoms with Crippen molar-refractivity contribution in [2.24, 2.45) is 0 Å². The molecule has 0 aliphatic heterocycles. The third kappa shape index (κ3) is 7.05. The molecule has 1 atom stereocenters. The summed E-state index contributed by atoms with van der Waals surface area (Å²) in [7, 11) is -3.09. The molecule has 1 aromatic carbocycles. The molecule has 0 amide bonds. The molecular weight excluding hydrogens is 279 g/mol. The Bertz CT molecular complexity index is 486. The van der Waals surface area contributed by atoms with Crippen molar-refractivity contribution in [1.29, 1.82) is 0 Å². The number of rotatable bonds is 6. The second-order valence-corrected chi connectivity index (χ2v) is 8.75. The van der Waals surface area contributed by atoms with Gasteiger partial charge in [0.05, 0.1) is 5.75 Å². The van der Waals surface area contributed by atoms with Gasteiger partial charge in [-0.25, -0.2) is 0 Å². The maximum Gasteiger partial charge on any atom is 0.264 e. The first kappa shape index (κ1) is 16.6. The SMILES string of the molecule is CC(C)(C)c1ccc(PCCCCS(=O)(=O)O)cc1. The Morgan fingerprint density at radius 3 is 2.16 bits per heavy atom. The lowest BCUT2D eigenvalue weighted by Gasteiger charge is -2.19. The highest BCUT2D eigenvalue weighted by atomic mass is 32.2. The van der Waals surface area contributed by atoms with Gasteiger partial charge in [0.1, 0.15) is 0 Å². The van der Waals surface area contributed by atoms with Gasteiger partial charge in [-0.2, -0.15) is 8.42 Å². The van der Waals surface area contributed by atoms with E-state index in [0.717, 1.165) is 12.6 Å². The highest BCUT2D eigenvalue weighted by Gasteiger charge is 2.12. The Balaban J connectivity index is 2.35. The summed E-state index contributed by atoms with van der Waals surface area (Å²) in [6, 6.07) is 8.64. The monoisotopic (exact) mass is 302 g/mol. The van der Waals surface area contributed by atoms with Crippen LogP contribution < -0.4 is 5.30 Å². The Labute approximate surface area is 118 Å². The number of benzene rings is 1. The van der Waals surface area contributed by atoms with Gasteiger partial charge in [0.25, 0.3) is 10.1 Å². The Hall–Kier alpha value is -0.440. The zero-order valence-corrected chi connectivity index (χ0v) is 13.6. The molecule has 0 aliphatic carbocycles. The largest absolute Gasteiger partial charge is 0.286 e. The summed E-state index contributed by atoms with van der Waals surface area (Å²) in [6.45, 7) is 6.58. The first-order valence-electron chi connectivity index (χ1n) is 6.48. The molecule has 108 valence electrons. The maximum absolute atomic E-state index is 10.6. The molecule has 1 aromatic rings. The lowest BCUT2D eigenvalue weighted by molar-refractivity contribution is 0.481. The smallest absolute Gasteiger partial charge is 0.264 e. The average molecular weight is 302 g/mol. The molecule has 0 bridgehead atoms. The van der Waals surface area contributed by atoms with Crippen molar-refractivity contribution in [2.75, 3.05) is 11.9 Å². The van der Waals surface area contributed by atoms with Crippen LogP contribution in [-0.4, -0.2) is 24.9 Å². The molecule has 1 unspecified atom stereocenters. The average Bonchev–Trinajstić information content (AvgIpc) is 2.26. The van der Waals surface area contributed by atoms with Gasteiger partial charge in [-0.1, -0.05) is 53.6 Å². The fourth-order valence-electron chi connectivity index (χ4n) is 1.73. The topological polar surface area (TPSA) is 54.4 Å². The lowest BCUT2D eigenvalue weighted by atomic mass is 9.87. The van der Waals surface area contributed by atoms with Crippen LogP contribution in [0, 0.1) is 0 Å². The van der Waals surface area contributed by atoms with Crippen LogP contribution in [0.15, 0.2) is 24.3 Å². The van der Waals surface area contributed by atoms with Crippen LogP contribution in [0.25, 0.3) is 0 Å². The summed E-state index contributed by atoms with van der Waals surface area (Å²) in [5.41, 5.74) is 1.50. The third-order valence-electron chi connectivity index (χ3n) is 2.91. The molecule has 19 heavy (non-hydrogen) atoms. The predicted octanol–water partition coefficient (Wildman–Crippen LogP) is 2.96. The van der Waals surface area contributed by atoms with E-state index in [2.05, 4.69) is 45.0 Å². The van der Waals surface area contributed by atoms with Gasteiger partial charge in [0, 0.05) is 0 Å². The van der Waals surface area contributed by atoms with Crippen molar-refractivity contribution >= 4 is 24.0 Å². The minimum Gasteiger partial charge on any atom is -0.286 e. The zero-order valence-electron chi connectivity index (χ0n) is 11.8. The van der Waals surface area contributed by atoms with Gasteiger partial charge >= 0.3 is 0 Å². The summed E-state index contributed by atoms with van der Waals surface area (Å²) in [6.07, 6.45) is 2.34. The fraction of sp³-hybridized carbons (Fsp3) is 0.571. The van der Waals surface area contributed by atoms with Crippen LogP contribution in [-0.2, 0) is 15.5 Å². The molecule has 1 rings (SSSR count). The number of unbranched alkanes of at least 4 members (excludes halogenated alkanes) is 1. The first-order chi connectivity index (χ1) is 8.68. The van der Waals surface area contributed by atoms with Crippen molar-refractivity contribution in [3.8, 4) is 0 Å². The predicted molar refractivity (Wildman–Crippen MR) is 83.6 cm³/mol. The molecule has 3 nitrogen and oxygen atoms in total. The highest BCUT2D eigenvalue weighted by Crippen LogP contribution is 2.22. The van der Waals surface area contributed by atoms with Gasteiger partial charge in [0.2, 0.25) is 0 Å². The summed E-state index contributed by atoms with van der Waals surface area (Å²) in [5, 5.41) is 1.31. The molecule has 0 fully saturated rings. The van der Waals surface area contributed by atoms with Crippen LogP contribution in [0.2, 0.25) is 0 Å². The van der Waals surface area contributed by atoms with Crippen molar-refractivity contribution in [2.45, 2.75) is 39.0 Å². The van der Waals surface area contributed by atoms with Crippen molar-refractivity contribution < 1.29 is 13.0 Å². The Morgan fingerprint density at radius 2 is 1.68 bits per heavy atom. The maximum atomic E-state index is 10.6. The van der Waals surface area contributed by atoms with Gasteiger partial charge in [-0.3, -0.25) is 4.55 Å². The second-order valence-electron chi connectivity index (χ2n) is 5.75. The molecule has 5 heteroatoms. The van der Waals surface area contributed by atoms with Crippen LogP contribution >= 0.6 is 8.58 Å². The van der Waals surface area contributed by atoms with Gasteiger partial charge in [-0.05, 0) is 35.3 Å². The van der Waals surface area contributed by atoms with E-state index < -0.39 is 10.1 Å². The summed E-state index contributed by atoms with van der Waals surface area (Å²) < 4.78 is 29.7. The highest BCUT2D eigenvalue weighted by molar-refractivity contribution is 7.85. The van der Waals surface area contributed by atoms with Crippen molar-refractivity contribution in [1.82, 2.24) is 0 Å². The minimum atomic E-state index is -3.79. The van der Waals surface area contributed by atoms with E-state index in [1.54, 1.807) is 0 Å². The van der Waals surface area contributed by atoms with E-state index in [4.69, 9.17) is 4.55 Å². The van der Waals surface area contributed by atoms with E-state index in [1.165, 1.54) is 10.9 Å². The number of hydrogen-bond donors (Lipinski definition) is 1. The normalized spacial score (nSPS) is 13.3. The van der Waals surface area contributed by atoms with Gasteiger partial charge in [-0.15, -0.1) is 0 Å². The molecule has 0 heterocycles. The molecule has 0 saturated carbocycles. The Kier molecular flexibility index (Phi) is 5.97. The van der Waals surface area contributed by atoms with Gasteiger partial charge < -0.3 is 0 Å². The van der Waals surface area contributed by atoms with Crippen LogP contribution in [0.4, 0.5) is 0 Å². The molecule has 0 aliphatic rings. The molecule has 0 spiro atoms. The van der Waals surface area contributed by atoms with Crippen LogP contribution in [0.1, 0.15) is 39.2 Å². The molecule has 0 aromatic heterocycles. The zero-order chi connectivity index (χ0) is 14.5. The van der Waals surface area contributed by atoms with E-state index in [9.17, 15) is 8.42 Å². The Morgan fingerprint density at radius 1 is 1.11 bits per heavy atom. The lowest BCUT2D eigenvalue weighted by Crippen LogP contribution is -2.11. The van der Waals surface area contributed by atoms with E-state index >= 15 is 0 Å². The van der Waals surface area contributed by atoms with Gasteiger partial charge in [0.15, 0.2) is 0 Å². The second kappa shape index (κ2) is 6.83. The molecule has 0 saturated heterocycles. The third-order valence-corrected chi connectivity index (χ3v) is 5.06. The number of hydrogen-bond acceptors (Lipinski definition) is 2. The van der Waals surface area contributed by atoms with Crippen molar-refractivity contribution in [3.05, 3.63) is 29.8 Å². The quantitative estimate of drug-likeness (QED) is 0.499. The van der Waals surface area contributed by atoms with E-state index in [-0.39, 0.29) is 11.2 Å². The van der Waals surface area contributed by atoms with Crippen LogP contribution in [0.3, 0.4) is 0 Å². The van der Waals surface area contributed by atoms with E-state index in [1.807, 2.05) is 0 Å². The van der Waals surface area contributed by atoms with E-state index in [0.29, 0.717) is 15.0 Å². The standard InChI is InChI=1S/C14H23O3PS/c1-14(2,3)12-6-8-13(9-7-12)18-10-4-5-11-19(15,16)17/h6-9,18H,4-5,10-11H2,1-3H3,(H,15,16,17). The molecule has 1 N–H and O–H groups in total. The fourth-order valence-corrected chi connectivity index (χ4v) is 3.42.